The van der Waals surface area contributed by atoms with Gasteiger partial charge in [0, 0.05) is 18.0 Å². The highest BCUT2D eigenvalue weighted by Crippen LogP contribution is 2.39. The van der Waals surface area contributed by atoms with Gasteiger partial charge >= 0.3 is 5.97 Å². The maximum atomic E-state index is 12.0. The highest BCUT2D eigenvalue weighted by molar-refractivity contribution is 7.90. The lowest BCUT2D eigenvalue weighted by molar-refractivity contribution is 0.0607. The van der Waals surface area contributed by atoms with Gasteiger partial charge < -0.3 is 4.74 Å². The summed E-state index contributed by atoms with van der Waals surface area (Å²) < 4.78 is 28.8. The van der Waals surface area contributed by atoms with Crippen molar-refractivity contribution in [2.75, 3.05) is 13.4 Å². The van der Waals surface area contributed by atoms with Gasteiger partial charge in [0.2, 0.25) is 15.0 Å². The molecule has 3 rings (SSSR count). The fourth-order valence-electron chi connectivity index (χ4n) is 1.97. The number of hydrogen-bond donors (Lipinski definition) is 0. The fraction of sp³-hybridized carbons (Fsp3) is 0.154. The van der Waals surface area contributed by atoms with E-state index >= 15 is 0 Å². The van der Waals surface area contributed by atoms with E-state index in [1.165, 1.54) is 36.0 Å². The number of esters is 1. The van der Waals surface area contributed by atoms with Crippen LogP contribution in [0.3, 0.4) is 0 Å². The van der Waals surface area contributed by atoms with Crippen molar-refractivity contribution in [3.05, 3.63) is 27.9 Å². The lowest BCUT2D eigenvalue weighted by Gasteiger charge is -2.01. The van der Waals surface area contributed by atoms with E-state index in [9.17, 15) is 13.2 Å². The lowest BCUT2D eigenvalue weighted by atomic mass is 10.1. The van der Waals surface area contributed by atoms with Crippen LogP contribution < -0.4 is 0 Å². The minimum absolute atomic E-state index is 0.259. The van der Waals surface area contributed by atoms with Crippen LogP contribution in [-0.2, 0) is 14.6 Å². The summed E-state index contributed by atoms with van der Waals surface area (Å²) in [5.74, 6) is -0.481. The summed E-state index contributed by atoms with van der Waals surface area (Å²) in [6.45, 7) is 0. The topological polar surface area (TPSA) is 86.2 Å². The van der Waals surface area contributed by atoms with Gasteiger partial charge in [-0.25, -0.2) is 23.2 Å². The molecule has 3 heterocycles. The third kappa shape index (κ3) is 2.51. The Hall–Kier alpha value is -1.84. The molecule has 6 nitrogen and oxygen atoms in total. The number of thiophene rings is 2. The van der Waals surface area contributed by atoms with Gasteiger partial charge in [0.05, 0.1) is 17.3 Å². The normalized spacial score (nSPS) is 11.7. The molecule has 0 aliphatic carbocycles. The largest absolute Gasteiger partial charge is 0.465 e. The zero-order chi connectivity index (χ0) is 15.9. The minimum atomic E-state index is -3.53. The molecule has 0 saturated heterocycles. The molecule has 0 N–H and O–H groups in total. The number of fused-ring (bicyclic) bond motifs is 1. The smallest absolute Gasteiger partial charge is 0.348 e. The number of hydrogen-bond acceptors (Lipinski definition) is 8. The first kappa shape index (κ1) is 15.1. The van der Waals surface area contributed by atoms with E-state index in [1.807, 2.05) is 16.8 Å². The number of methoxy groups -OCH3 is 1. The highest BCUT2D eigenvalue weighted by Gasteiger charge is 2.23. The van der Waals surface area contributed by atoms with Crippen molar-refractivity contribution < 1.29 is 17.9 Å². The Morgan fingerprint density at radius 2 is 2.14 bits per heavy atom. The molecule has 3 aromatic rings. The van der Waals surface area contributed by atoms with Crippen molar-refractivity contribution in [2.45, 2.75) is 5.16 Å². The van der Waals surface area contributed by atoms with Crippen LogP contribution in [0.2, 0.25) is 0 Å². The van der Waals surface area contributed by atoms with E-state index in [1.54, 1.807) is 0 Å². The molecule has 0 unspecified atom stereocenters. The fourth-order valence-corrected chi connectivity index (χ4v) is 4.17. The van der Waals surface area contributed by atoms with Crippen molar-refractivity contribution in [1.82, 2.24) is 9.97 Å². The van der Waals surface area contributed by atoms with Gasteiger partial charge in [-0.15, -0.1) is 11.3 Å². The van der Waals surface area contributed by atoms with Crippen molar-refractivity contribution in [2.24, 2.45) is 0 Å². The molecule has 0 aliphatic rings. The number of carbonyl (C=O) groups excluding carboxylic acids is 1. The summed E-state index contributed by atoms with van der Waals surface area (Å²) >= 11 is 2.66. The van der Waals surface area contributed by atoms with Crippen LogP contribution in [0.5, 0.6) is 0 Å². The monoisotopic (exact) mass is 354 g/mol. The minimum Gasteiger partial charge on any atom is -0.465 e. The number of ether oxygens (including phenoxy) is 1. The summed E-state index contributed by atoms with van der Waals surface area (Å²) in [5.41, 5.74) is 1.83. The zero-order valence-electron chi connectivity index (χ0n) is 11.6. The van der Waals surface area contributed by atoms with Gasteiger partial charge in [-0.2, -0.15) is 11.3 Å². The molecule has 114 valence electrons. The van der Waals surface area contributed by atoms with Crippen LogP contribution in [0.1, 0.15) is 9.67 Å². The molecule has 0 spiro atoms. The van der Waals surface area contributed by atoms with E-state index in [0.29, 0.717) is 20.7 Å². The summed E-state index contributed by atoms with van der Waals surface area (Å²) in [7, 11) is -2.22. The molecule has 0 fully saturated rings. The SMILES string of the molecule is COC(=O)c1sc2cnc(S(C)(=O)=O)nc2c1-c1ccsc1. The molecule has 0 aromatic carbocycles. The Labute approximate surface area is 134 Å². The average molecular weight is 354 g/mol. The number of sulfone groups is 1. The quantitative estimate of drug-likeness (QED) is 0.531. The third-order valence-corrected chi connectivity index (χ3v) is 5.56. The highest BCUT2D eigenvalue weighted by atomic mass is 32.2. The van der Waals surface area contributed by atoms with E-state index < -0.39 is 15.8 Å². The van der Waals surface area contributed by atoms with Crippen LogP contribution in [0.25, 0.3) is 21.3 Å². The van der Waals surface area contributed by atoms with E-state index in [4.69, 9.17) is 4.74 Å². The van der Waals surface area contributed by atoms with Crippen molar-refractivity contribution in [1.29, 1.82) is 0 Å². The maximum Gasteiger partial charge on any atom is 0.348 e. The van der Waals surface area contributed by atoms with E-state index in [0.717, 1.165) is 11.8 Å². The first-order valence-electron chi connectivity index (χ1n) is 6.02. The van der Waals surface area contributed by atoms with Gasteiger partial charge in [0.25, 0.3) is 0 Å². The molecule has 0 atom stereocenters. The van der Waals surface area contributed by atoms with E-state index in [2.05, 4.69) is 9.97 Å². The maximum absolute atomic E-state index is 12.0. The van der Waals surface area contributed by atoms with Gasteiger partial charge in [0.15, 0.2) is 0 Å². The molecule has 9 heteroatoms. The van der Waals surface area contributed by atoms with Gasteiger partial charge in [-0.1, -0.05) is 0 Å². The lowest BCUT2D eigenvalue weighted by Crippen LogP contribution is -2.03. The number of aromatic nitrogens is 2. The zero-order valence-corrected chi connectivity index (χ0v) is 14.0. The molecular weight excluding hydrogens is 344 g/mol. The third-order valence-electron chi connectivity index (χ3n) is 2.92. The summed E-state index contributed by atoms with van der Waals surface area (Å²) in [6.07, 6.45) is 2.47. The Morgan fingerprint density at radius 3 is 2.73 bits per heavy atom. The summed E-state index contributed by atoms with van der Waals surface area (Å²) in [6, 6.07) is 1.85. The number of nitrogens with zero attached hydrogens (tertiary/aromatic N) is 2. The predicted molar refractivity (Wildman–Crippen MR) is 85.2 cm³/mol. The molecule has 3 aromatic heterocycles. The first-order valence-corrected chi connectivity index (χ1v) is 9.67. The predicted octanol–water partition coefficient (Wildman–Crippen LogP) is 2.61. The second-order valence-electron chi connectivity index (χ2n) is 4.45. The van der Waals surface area contributed by atoms with Crippen LogP contribution in [0.15, 0.2) is 28.2 Å². The Bertz CT molecular complexity index is 959. The molecule has 0 aliphatic heterocycles. The molecule has 0 bridgehead atoms. The molecule has 0 radical (unpaired) electrons. The standard InChI is InChI=1S/C13H10N2O4S3/c1-19-12(16)11-9(7-3-4-20-6-7)10-8(21-11)5-14-13(15-10)22(2,17)18/h3-6H,1-2H3. The van der Waals surface area contributed by atoms with Gasteiger partial charge in [-0.3, -0.25) is 0 Å². The summed E-state index contributed by atoms with van der Waals surface area (Å²) in [5, 5.41) is 3.49. The van der Waals surface area contributed by atoms with Crippen molar-refractivity contribution in [3.63, 3.8) is 0 Å². The van der Waals surface area contributed by atoms with Crippen molar-refractivity contribution in [3.8, 4) is 11.1 Å². The van der Waals surface area contributed by atoms with Crippen LogP contribution >= 0.6 is 22.7 Å². The Balaban J connectivity index is 2.38. The average Bonchev–Trinajstić information content (AvgIpc) is 3.11. The molecular formula is C13H10N2O4S3. The summed E-state index contributed by atoms with van der Waals surface area (Å²) in [4.78, 5) is 20.4. The van der Waals surface area contributed by atoms with Crippen LogP contribution in [0.4, 0.5) is 0 Å². The van der Waals surface area contributed by atoms with Crippen molar-refractivity contribution >= 4 is 48.7 Å². The molecule has 0 amide bonds. The second kappa shape index (κ2) is 5.41. The first-order chi connectivity index (χ1) is 10.4. The van der Waals surface area contributed by atoms with E-state index in [-0.39, 0.29) is 5.16 Å². The van der Waals surface area contributed by atoms with Crippen LogP contribution in [-0.4, -0.2) is 37.7 Å². The van der Waals surface area contributed by atoms with Gasteiger partial charge in [-0.05, 0) is 22.4 Å². The molecule has 0 saturated carbocycles. The number of rotatable bonds is 3. The van der Waals surface area contributed by atoms with Crippen LogP contribution in [0, 0.1) is 0 Å². The number of carbonyl (C=O) groups is 1. The molecule has 22 heavy (non-hydrogen) atoms. The van der Waals surface area contributed by atoms with Gasteiger partial charge in [0.1, 0.15) is 4.88 Å². The Morgan fingerprint density at radius 1 is 1.36 bits per heavy atom. The Kier molecular flexibility index (Phi) is 3.71. The second-order valence-corrected chi connectivity index (χ2v) is 8.19.